The Hall–Kier alpha value is -2.38. The molecule has 0 atom stereocenters. The highest BCUT2D eigenvalue weighted by molar-refractivity contribution is 7.80. The molecule has 2 rings (SSSR count). The van der Waals surface area contributed by atoms with Crippen molar-refractivity contribution in [1.82, 2.24) is 5.32 Å². The summed E-state index contributed by atoms with van der Waals surface area (Å²) in [4.78, 5) is 0. The van der Waals surface area contributed by atoms with Crippen LogP contribution < -0.4 is 26.4 Å². The van der Waals surface area contributed by atoms with Gasteiger partial charge >= 0.3 is 0 Å². The van der Waals surface area contributed by atoms with Gasteiger partial charge in [0.05, 0.1) is 6.61 Å². The molecule has 7 heteroatoms. The summed E-state index contributed by atoms with van der Waals surface area (Å²) in [5, 5.41) is 10.3. The summed E-state index contributed by atoms with van der Waals surface area (Å²) >= 11 is 10.1. The fraction of sp³-hybridized carbons (Fsp3) is 0.364. The molecule has 2 aromatic carbocycles. The molecule has 2 aromatic rings. The number of nitrogens with one attached hydrogen (secondary N) is 3. The topological polar surface area (TPSA) is 71.3 Å². The Balaban J connectivity index is 1.43. The summed E-state index contributed by atoms with van der Waals surface area (Å²) in [5.41, 5.74) is 7.35. The molecule has 0 heterocycles. The molecule has 0 radical (unpaired) electrons. The van der Waals surface area contributed by atoms with Crippen LogP contribution in [0.5, 0.6) is 5.75 Å². The monoisotopic (exact) mass is 430 g/mol. The van der Waals surface area contributed by atoms with Crippen molar-refractivity contribution in [2.24, 2.45) is 5.73 Å². The number of thiocarbonyl (C=S) groups is 2. The van der Waals surface area contributed by atoms with Crippen LogP contribution in [0, 0.1) is 0 Å². The Labute approximate surface area is 184 Å². The lowest BCUT2D eigenvalue weighted by Gasteiger charge is -2.10. The first-order valence-electron chi connectivity index (χ1n) is 10.0. The first kappa shape index (κ1) is 22.9. The lowest BCUT2D eigenvalue weighted by molar-refractivity contribution is 0.304. The molecular formula is C22H30N4OS2. The third-order valence-electron chi connectivity index (χ3n) is 4.26. The molecule has 156 valence electrons. The van der Waals surface area contributed by atoms with Crippen LogP contribution in [0.2, 0.25) is 0 Å². The molecule has 0 saturated heterocycles. The number of benzene rings is 2. The van der Waals surface area contributed by atoms with Crippen molar-refractivity contribution in [3.05, 3.63) is 54.6 Å². The van der Waals surface area contributed by atoms with Gasteiger partial charge in [0.25, 0.3) is 0 Å². The maximum atomic E-state index is 5.79. The summed E-state index contributed by atoms with van der Waals surface area (Å²) in [6.07, 6.45) is 7.00. The first-order chi connectivity index (χ1) is 14.1. The van der Waals surface area contributed by atoms with Gasteiger partial charge in [-0.05, 0) is 61.5 Å². The van der Waals surface area contributed by atoms with Gasteiger partial charge in [-0.25, -0.2) is 0 Å². The maximum Gasteiger partial charge on any atom is 0.170 e. The predicted molar refractivity (Wildman–Crippen MR) is 131 cm³/mol. The zero-order valence-corrected chi connectivity index (χ0v) is 18.3. The Morgan fingerprint density at radius 3 is 2.24 bits per heavy atom. The van der Waals surface area contributed by atoms with Crippen LogP contribution in [0.25, 0.3) is 0 Å². The highest BCUT2D eigenvalue weighted by Gasteiger charge is 1.99. The molecule has 0 saturated carbocycles. The van der Waals surface area contributed by atoms with Gasteiger partial charge in [-0.1, -0.05) is 49.9 Å². The molecule has 0 aliphatic rings. The molecule has 5 N–H and O–H groups in total. The van der Waals surface area contributed by atoms with Gasteiger partial charge in [0.2, 0.25) is 0 Å². The number of unbranched alkanes of at least 4 members (excludes halogenated alkanes) is 5. The zero-order valence-electron chi connectivity index (χ0n) is 16.7. The number of ether oxygens (including phenoxy) is 1. The van der Waals surface area contributed by atoms with E-state index in [1.54, 1.807) is 0 Å². The second-order valence-electron chi connectivity index (χ2n) is 6.73. The van der Waals surface area contributed by atoms with Gasteiger partial charge in [-0.3, -0.25) is 0 Å². The third-order valence-corrected chi connectivity index (χ3v) is 4.61. The Kier molecular flexibility index (Phi) is 10.9. The predicted octanol–water partition coefficient (Wildman–Crippen LogP) is 5.05. The van der Waals surface area contributed by atoms with E-state index in [0.717, 1.165) is 43.1 Å². The standard InChI is InChI=1S/C22H30N4OS2/c23-21(28)25-19-13-10-14-20(17-19)27-16-9-4-2-1-3-8-15-24-22(29)26-18-11-6-5-7-12-18/h5-7,10-14,17H,1-4,8-9,15-16H2,(H3,23,25,28)(H2,24,26,29). The second kappa shape index (κ2) is 13.7. The maximum absolute atomic E-state index is 5.79. The number of hydrogen-bond donors (Lipinski definition) is 4. The molecule has 0 unspecified atom stereocenters. The molecule has 0 bridgehead atoms. The Morgan fingerprint density at radius 2 is 1.48 bits per heavy atom. The average Bonchev–Trinajstić information content (AvgIpc) is 2.70. The first-order valence-corrected chi connectivity index (χ1v) is 10.8. The summed E-state index contributed by atoms with van der Waals surface area (Å²) in [5.74, 6) is 0.831. The molecule has 0 aliphatic carbocycles. The van der Waals surface area contributed by atoms with Crippen LogP contribution in [-0.4, -0.2) is 23.4 Å². The second-order valence-corrected chi connectivity index (χ2v) is 7.58. The SMILES string of the molecule is NC(=S)Nc1cccc(OCCCCCCCCNC(=S)Nc2ccccc2)c1. The van der Waals surface area contributed by atoms with E-state index in [1.807, 2.05) is 54.6 Å². The Bertz CT molecular complexity index is 755. The molecule has 0 aromatic heterocycles. The van der Waals surface area contributed by atoms with Gasteiger partial charge in [0.1, 0.15) is 5.75 Å². The van der Waals surface area contributed by atoms with Crippen LogP contribution in [0.15, 0.2) is 54.6 Å². The largest absolute Gasteiger partial charge is 0.494 e. The summed E-state index contributed by atoms with van der Waals surface area (Å²) in [7, 11) is 0. The van der Waals surface area contributed by atoms with Crippen LogP contribution in [0.4, 0.5) is 11.4 Å². The fourth-order valence-corrected chi connectivity index (χ4v) is 3.17. The smallest absolute Gasteiger partial charge is 0.170 e. The summed E-state index contributed by atoms with van der Waals surface area (Å²) in [6.45, 7) is 1.62. The minimum Gasteiger partial charge on any atom is -0.494 e. The van der Waals surface area contributed by atoms with E-state index in [4.69, 9.17) is 34.9 Å². The molecule has 0 fully saturated rings. The van der Waals surface area contributed by atoms with Crippen molar-refractivity contribution in [3.8, 4) is 5.75 Å². The Morgan fingerprint density at radius 1 is 0.793 bits per heavy atom. The number of hydrogen-bond acceptors (Lipinski definition) is 3. The lowest BCUT2D eigenvalue weighted by Crippen LogP contribution is -2.29. The third kappa shape index (κ3) is 10.7. The van der Waals surface area contributed by atoms with Gasteiger partial charge in [-0.2, -0.15) is 0 Å². The van der Waals surface area contributed by atoms with Crippen molar-refractivity contribution in [3.63, 3.8) is 0 Å². The van der Waals surface area contributed by atoms with Crippen molar-refractivity contribution in [2.75, 3.05) is 23.8 Å². The van der Waals surface area contributed by atoms with Crippen molar-refractivity contribution in [1.29, 1.82) is 0 Å². The number of para-hydroxylation sites is 1. The molecule has 5 nitrogen and oxygen atoms in total. The van der Waals surface area contributed by atoms with Crippen molar-refractivity contribution >= 4 is 46.0 Å². The lowest BCUT2D eigenvalue weighted by atomic mass is 10.1. The van der Waals surface area contributed by atoms with Crippen molar-refractivity contribution < 1.29 is 4.74 Å². The number of rotatable bonds is 12. The van der Waals surface area contributed by atoms with Crippen molar-refractivity contribution in [2.45, 2.75) is 38.5 Å². The van der Waals surface area contributed by atoms with E-state index in [9.17, 15) is 0 Å². The average molecular weight is 431 g/mol. The van der Waals surface area contributed by atoms with E-state index in [0.29, 0.717) is 5.11 Å². The van der Waals surface area contributed by atoms with E-state index in [-0.39, 0.29) is 5.11 Å². The van der Waals surface area contributed by atoms with E-state index in [2.05, 4.69) is 16.0 Å². The molecular weight excluding hydrogens is 400 g/mol. The van der Waals surface area contributed by atoms with Gasteiger partial charge in [0.15, 0.2) is 10.2 Å². The number of nitrogens with two attached hydrogens (primary N) is 1. The quantitative estimate of drug-likeness (QED) is 0.277. The summed E-state index contributed by atoms with van der Waals surface area (Å²) in [6, 6.07) is 17.6. The number of anilines is 2. The molecule has 29 heavy (non-hydrogen) atoms. The molecule has 0 aliphatic heterocycles. The van der Waals surface area contributed by atoms with Gasteiger partial charge in [-0.15, -0.1) is 0 Å². The van der Waals surface area contributed by atoms with Crippen LogP contribution in [-0.2, 0) is 0 Å². The van der Waals surface area contributed by atoms with E-state index in [1.165, 1.54) is 25.7 Å². The van der Waals surface area contributed by atoms with E-state index >= 15 is 0 Å². The fourth-order valence-electron chi connectivity index (χ4n) is 2.83. The molecule has 0 amide bonds. The normalized spacial score (nSPS) is 10.2. The minimum atomic E-state index is 0.256. The molecule has 0 spiro atoms. The van der Waals surface area contributed by atoms with Crippen LogP contribution in [0.3, 0.4) is 0 Å². The van der Waals surface area contributed by atoms with Gasteiger partial charge in [0, 0.05) is 24.0 Å². The minimum absolute atomic E-state index is 0.256. The zero-order chi connectivity index (χ0) is 20.7. The van der Waals surface area contributed by atoms with E-state index < -0.39 is 0 Å². The van der Waals surface area contributed by atoms with Gasteiger partial charge < -0.3 is 26.4 Å². The van der Waals surface area contributed by atoms with Crippen LogP contribution in [0.1, 0.15) is 38.5 Å². The summed E-state index contributed by atoms with van der Waals surface area (Å²) < 4.78 is 5.79. The highest BCUT2D eigenvalue weighted by Crippen LogP contribution is 2.17. The van der Waals surface area contributed by atoms with Crippen LogP contribution >= 0.6 is 24.4 Å². The highest BCUT2D eigenvalue weighted by atomic mass is 32.1.